The van der Waals surface area contributed by atoms with Crippen LogP contribution in [0.15, 0.2) is 135 Å². The van der Waals surface area contributed by atoms with Gasteiger partial charge in [0.25, 0.3) is 0 Å². The van der Waals surface area contributed by atoms with Crippen LogP contribution in [0.1, 0.15) is 75.4 Å². The molecule has 2 saturated heterocycles. The number of rotatable bonds is 15. The van der Waals surface area contributed by atoms with Gasteiger partial charge in [-0.2, -0.15) is 0 Å². The van der Waals surface area contributed by atoms with Crippen molar-refractivity contribution >= 4 is 85.0 Å². The fourth-order valence-electron chi connectivity index (χ4n) is 10.6. The number of H-pyrrole nitrogens is 1. The van der Waals surface area contributed by atoms with Gasteiger partial charge in [0.15, 0.2) is 11.6 Å². The van der Waals surface area contributed by atoms with Gasteiger partial charge in [-0.1, -0.05) is 18.2 Å². The number of anilines is 3. The molecule has 8 heterocycles. The number of ketones is 2. The van der Waals surface area contributed by atoms with Crippen LogP contribution < -0.4 is 16.0 Å². The molecular weight excluding hydrogens is 1020 g/mol. The molecule has 80 heavy (non-hydrogen) atoms. The highest BCUT2D eigenvalue weighted by molar-refractivity contribution is 6.09. The number of carbonyl (C=O) groups excluding carboxylic acids is 6. The molecule has 2 aliphatic rings. The highest BCUT2D eigenvalue weighted by atomic mass is 19.1. The first-order chi connectivity index (χ1) is 38.6. The van der Waals surface area contributed by atoms with E-state index in [4.69, 9.17) is 0 Å². The zero-order valence-electron chi connectivity index (χ0n) is 44.5. The molecule has 2 fully saturated rings. The van der Waals surface area contributed by atoms with Crippen molar-refractivity contribution in [2.75, 3.05) is 23.7 Å². The number of pyridine rings is 2. The molecule has 0 aliphatic carbocycles. The topological polar surface area (TPSA) is 222 Å². The lowest BCUT2D eigenvalue weighted by Crippen LogP contribution is -2.46. The number of nitrogens with zero attached hydrogens (tertiary/aromatic N) is 8. The summed E-state index contributed by atoms with van der Waals surface area (Å²) in [7, 11) is 0. The van der Waals surface area contributed by atoms with Crippen LogP contribution >= 0.6 is 0 Å². The first kappa shape index (κ1) is 53.9. The standard InChI is InChI=1S/C31H30FN7O3.C29H28FN5O3/c1-17-18(2)35-27-6-4-22(9-24(17)27)37-31(42)29-8-20(32)13-39(29)30(41)15-38-14-26(19(3)40)25-10-21(5-7-28(25)38)36-23-11-33-16-34-12-23;1-19(36)25-17-34(26-7-6-20(11-24(25)26)10-21-4-2-8-31-13-21)18-28(37)35-16-23(30)12-27(35)29(38)33-15-22-5-3-9-32-14-22/h4-7,9-12,14,16,20,29,35-36H,8,13,15H2,1-3H3,(H,37,42);2-9,11,13-14,17,23,27H,10,12,15-16,18H2,1H3,(H,33,38)/t20-,29+;23-,27+/m11/s1. The number of likely N-dealkylation sites (tertiary alicyclic amines) is 2. The van der Waals surface area contributed by atoms with E-state index in [-0.39, 0.29) is 63.0 Å². The third kappa shape index (κ3) is 11.8. The molecule has 0 unspecified atom stereocenters. The van der Waals surface area contributed by atoms with E-state index in [2.05, 4.69) is 40.9 Å². The Labute approximate surface area is 458 Å². The minimum absolute atomic E-state index is 0.0482. The van der Waals surface area contributed by atoms with Crippen LogP contribution in [0.5, 0.6) is 0 Å². The molecule has 20 heteroatoms. The quantitative estimate of drug-likeness (QED) is 0.0713. The summed E-state index contributed by atoms with van der Waals surface area (Å²) in [6.07, 6.45) is 12.7. The first-order valence-corrected chi connectivity index (χ1v) is 26.2. The lowest BCUT2D eigenvalue weighted by atomic mass is 10.0. The molecule has 4 N–H and O–H groups in total. The second kappa shape index (κ2) is 23.2. The molecule has 0 bridgehead atoms. The van der Waals surface area contributed by atoms with Crippen LogP contribution in [0.3, 0.4) is 0 Å². The van der Waals surface area contributed by atoms with E-state index >= 15 is 0 Å². The van der Waals surface area contributed by atoms with E-state index in [9.17, 15) is 37.5 Å². The smallest absolute Gasteiger partial charge is 0.247 e. The molecule has 0 saturated carbocycles. The predicted octanol–water partition coefficient (Wildman–Crippen LogP) is 8.53. The molecule has 408 valence electrons. The number of halogens is 2. The molecule has 4 amide bonds. The number of hydrogen-bond donors (Lipinski definition) is 4. The number of alkyl halides is 2. The Morgan fingerprint density at radius 1 is 0.613 bits per heavy atom. The number of carbonyl (C=O) groups is 6. The highest BCUT2D eigenvalue weighted by Gasteiger charge is 2.41. The van der Waals surface area contributed by atoms with Crippen LogP contribution in [-0.4, -0.2) is 117 Å². The van der Waals surface area contributed by atoms with Gasteiger partial charge in [0, 0.05) is 117 Å². The van der Waals surface area contributed by atoms with Gasteiger partial charge in [-0.15, -0.1) is 0 Å². The van der Waals surface area contributed by atoms with Crippen molar-refractivity contribution < 1.29 is 37.5 Å². The third-order valence-electron chi connectivity index (χ3n) is 14.7. The summed E-state index contributed by atoms with van der Waals surface area (Å²) in [5.41, 5.74) is 10.3. The van der Waals surface area contributed by atoms with Gasteiger partial charge < -0.3 is 39.9 Å². The van der Waals surface area contributed by atoms with E-state index in [1.807, 2.05) is 80.6 Å². The lowest BCUT2D eigenvalue weighted by molar-refractivity contribution is -0.139. The fourth-order valence-corrected chi connectivity index (χ4v) is 10.6. The largest absolute Gasteiger partial charge is 0.358 e. The van der Waals surface area contributed by atoms with Gasteiger partial charge in [-0.3, -0.25) is 38.7 Å². The number of nitrogens with one attached hydrogen (secondary N) is 4. The van der Waals surface area contributed by atoms with Crippen LogP contribution in [0.4, 0.5) is 25.8 Å². The third-order valence-corrected chi connectivity index (χ3v) is 14.7. The zero-order chi connectivity index (χ0) is 56.2. The lowest BCUT2D eigenvalue weighted by Gasteiger charge is -2.24. The van der Waals surface area contributed by atoms with Crippen molar-refractivity contribution in [2.24, 2.45) is 0 Å². The molecule has 3 aromatic carbocycles. The van der Waals surface area contributed by atoms with E-state index in [0.717, 1.165) is 55.4 Å². The van der Waals surface area contributed by atoms with Crippen LogP contribution in [-0.2, 0) is 45.2 Å². The summed E-state index contributed by atoms with van der Waals surface area (Å²) >= 11 is 0. The van der Waals surface area contributed by atoms with E-state index in [1.54, 1.807) is 70.8 Å². The number of aromatic amines is 1. The summed E-state index contributed by atoms with van der Waals surface area (Å²) in [6.45, 7) is 6.63. The number of amides is 4. The minimum Gasteiger partial charge on any atom is -0.358 e. The number of Topliss-reactive ketones (excluding diaryl/α,β-unsaturated/α-hetero) is 2. The molecule has 2 aliphatic heterocycles. The molecule has 9 aromatic rings. The van der Waals surface area contributed by atoms with Crippen molar-refractivity contribution in [3.8, 4) is 0 Å². The van der Waals surface area contributed by atoms with E-state index in [1.165, 1.54) is 30.0 Å². The Morgan fingerprint density at radius 3 is 1.77 bits per heavy atom. The Balaban J connectivity index is 0.000000181. The minimum atomic E-state index is -1.31. The van der Waals surface area contributed by atoms with Crippen LogP contribution in [0, 0.1) is 13.8 Å². The monoisotopic (exact) mass is 1080 g/mol. The predicted molar refractivity (Wildman–Crippen MR) is 299 cm³/mol. The highest BCUT2D eigenvalue weighted by Crippen LogP contribution is 2.31. The Hall–Kier alpha value is -9.46. The molecule has 0 spiro atoms. The average molecular weight is 1080 g/mol. The van der Waals surface area contributed by atoms with Crippen LogP contribution in [0.2, 0.25) is 0 Å². The van der Waals surface area contributed by atoms with Gasteiger partial charge in [-0.25, -0.2) is 18.7 Å². The number of aromatic nitrogens is 7. The molecule has 6 aromatic heterocycles. The van der Waals surface area contributed by atoms with Gasteiger partial charge in [-0.05, 0) is 117 Å². The summed E-state index contributed by atoms with van der Waals surface area (Å²) in [5, 5.41) is 11.3. The Morgan fingerprint density at radius 2 is 1.18 bits per heavy atom. The van der Waals surface area contributed by atoms with Crippen LogP contribution in [0.25, 0.3) is 32.7 Å². The second-order valence-electron chi connectivity index (χ2n) is 20.3. The zero-order valence-corrected chi connectivity index (χ0v) is 44.5. The number of fused-ring (bicyclic) bond motifs is 3. The summed E-state index contributed by atoms with van der Waals surface area (Å²) in [4.78, 5) is 100. The number of benzene rings is 3. The molecule has 18 nitrogen and oxygen atoms in total. The maximum atomic E-state index is 14.6. The molecular formula is C60H58F2N12O6. The van der Waals surface area contributed by atoms with Crippen molar-refractivity contribution in [2.45, 2.75) is 91.0 Å². The van der Waals surface area contributed by atoms with Gasteiger partial charge in [0.2, 0.25) is 23.6 Å². The average Bonchev–Trinajstić information content (AvgIpc) is 4.49. The van der Waals surface area contributed by atoms with Crippen molar-refractivity contribution in [1.29, 1.82) is 0 Å². The molecule has 0 radical (unpaired) electrons. The SMILES string of the molecule is CC(=O)c1cn(CC(=O)N2C[C@H](F)C[C@H]2C(=O)NCc2cccnc2)c2ccc(Cc3cccnc3)cc12.CC(=O)c1cn(CC(=O)N2C[C@H](F)C[C@H]2C(=O)Nc2ccc3[nH]c(C)c(C)c3c2)c2ccc(Nc3cncnc3)cc12. The van der Waals surface area contributed by atoms with Gasteiger partial charge >= 0.3 is 0 Å². The Bertz CT molecular complexity index is 3810. The first-order valence-electron chi connectivity index (χ1n) is 26.2. The van der Waals surface area contributed by atoms with Crippen molar-refractivity contribution in [3.05, 3.63) is 174 Å². The summed E-state index contributed by atoms with van der Waals surface area (Å²) in [6, 6.07) is 22.5. The Kier molecular flexibility index (Phi) is 15.7. The van der Waals surface area contributed by atoms with E-state index < -0.39 is 42.1 Å². The number of hydrogen-bond acceptors (Lipinski definition) is 11. The summed E-state index contributed by atoms with van der Waals surface area (Å²) < 4.78 is 32.4. The van der Waals surface area contributed by atoms with E-state index in [0.29, 0.717) is 39.8 Å². The molecule has 11 rings (SSSR count). The summed E-state index contributed by atoms with van der Waals surface area (Å²) in [5.74, 6) is -1.88. The molecule has 4 atom stereocenters. The van der Waals surface area contributed by atoms with Gasteiger partial charge in [0.05, 0.1) is 31.2 Å². The second-order valence-corrected chi connectivity index (χ2v) is 20.3. The van der Waals surface area contributed by atoms with Crippen molar-refractivity contribution in [3.63, 3.8) is 0 Å². The number of aryl methyl sites for hydroxylation is 2. The van der Waals surface area contributed by atoms with Crippen molar-refractivity contribution in [1.82, 2.24) is 49.2 Å². The fraction of sp³-hybridized carbons (Fsp3) is 0.267. The maximum Gasteiger partial charge on any atom is 0.247 e. The van der Waals surface area contributed by atoms with Gasteiger partial charge in [0.1, 0.15) is 43.8 Å². The maximum absolute atomic E-state index is 14.6. The normalized spacial score (nSPS) is 16.9.